The second kappa shape index (κ2) is 10.9. The van der Waals surface area contributed by atoms with Crippen molar-refractivity contribution >= 4 is 23.5 Å². The van der Waals surface area contributed by atoms with Gasteiger partial charge in [-0.15, -0.1) is 0 Å². The molecule has 0 bridgehead atoms. The molecule has 2 aliphatic rings. The standard InChI is InChI=1S/C37H32O12/c1-14-8-10-18-28(30(14)39)32(41)24-16(3)26(34(43)44)22(38)12-20(24)36(18,5)48-49-37(6)19-11-9-15(2)31(40)29(19)33(42)25-17(4)27(35(45)46)23(47-7)13-21(25)37/h8-13,38-40H,1-7H3,(H,43,44)(H,45,46)/t36-,37-/m1/s1. The molecule has 0 spiro atoms. The van der Waals surface area contributed by atoms with E-state index in [0.29, 0.717) is 11.1 Å². The number of fused-ring (bicyclic) bond motifs is 4. The zero-order chi connectivity index (χ0) is 36.1. The van der Waals surface area contributed by atoms with Crippen molar-refractivity contribution in [1.82, 2.24) is 0 Å². The van der Waals surface area contributed by atoms with Crippen LogP contribution >= 0.6 is 0 Å². The summed E-state index contributed by atoms with van der Waals surface area (Å²) >= 11 is 0. The van der Waals surface area contributed by atoms with Gasteiger partial charge in [0.1, 0.15) is 34.1 Å². The molecular formula is C37H32O12. The first-order valence-corrected chi connectivity index (χ1v) is 15.1. The second-order valence-electron chi connectivity index (χ2n) is 12.6. The van der Waals surface area contributed by atoms with Gasteiger partial charge in [0.15, 0.2) is 22.8 Å². The minimum absolute atomic E-state index is 0.0333. The molecule has 12 nitrogen and oxygen atoms in total. The van der Waals surface area contributed by atoms with Crippen molar-refractivity contribution in [2.45, 2.75) is 52.7 Å². The Hall–Kier alpha value is -5.72. The van der Waals surface area contributed by atoms with E-state index in [1.165, 1.54) is 33.9 Å². The van der Waals surface area contributed by atoms with Gasteiger partial charge in [-0.2, -0.15) is 0 Å². The zero-order valence-corrected chi connectivity index (χ0v) is 27.6. The van der Waals surface area contributed by atoms with Crippen molar-refractivity contribution in [2.24, 2.45) is 0 Å². The van der Waals surface area contributed by atoms with E-state index in [1.807, 2.05) is 0 Å². The fourth-order valence-corrected chi connectivity index (χ4v) is 7.15. The van der Waals surface area contributed by atoms with Crippen LogP contribution < -0.4 is 4.74 Å². The summed E-state index contributed by atoms with van der Waals surface area (Å²) in [7, 11) is 1.28. The van der Waals surface area contributed by atoms with Gasteiger partial charge in [0.25, 0.3) is 0 Å². The number of phenols is 3. The highest BCUT2D eigenvalue weighted by Gasteiger charge is 2.51. The summed E-state index contributed by atoms with van der Waals surface area (Å²) in [6, 6.07) is 8.70. The number of aromatic hydroxyl groups is 3. The van der Waals surface area contributed by atoms with Crippen LogP contribution in [-0.4, -0.2) is 56.1 Å². The Kier molecular flexibility index (Phi) is 7.39. The normalized spacial score (nSPS) is 19.1. The van der Waals surface area contributed by atoms with Crippen molar-refractivity contribution in [2.75, 3.05) is 7.11 Å². The summed E-state index contributed by atoms with van der Waals surface area (Å²) in [5.41, 5.74) is -3.65. The molecule has 4 aromatic rings. The van der Waals surface area contributed by atoms with E-state index >= 15 is 0 Å². The third-order valence-corrected chi connectivity index (χ3v) is 9.84. The predicted octanol–water partition coefficient (Wildman–Crippen LogP) is 5.71. The summed E-state index contributed by atoms with van der Waals surface area (Å²) in [5, 5.41) is 53.1. The fourth-order valence-electron chi connectivity index (χ4n) is 7.15. The van der Waals surface area contributed by atoms with Gasteiger partial charge in [-0.05, 0) is 75.9 Å². The van der Waals surface area contributed by atoms with Gasteiger partial charge in [0.05, 0.1) is 18.2 Å². The van der Waals surface area contributed by atoms with E-state index in [4.69, 9.17) is 14.5 Å². The Morgan fingerprint density at radius 3 is 1.43 bits per heavy atom. The number of rotatable bonds is 6. The molecule has 2 atom stereocenters. The molecule has 6 rings (SSSR count). The van der Waals surface area contributed by atoms with Gasteiger partial charge in [0.2, 0.25) is 0 Å². The highest BCUT2D eigenvalue weighted by molar-refractivity contribution is 6.18. The lowest BCUT2D eigenvalue weighted by Crippen LogP contribution is -2.42. The molecule has 0 saturated carbocycles. The average molecular weight is 669 g/mol. The lowest BCUT2D eigenvalue weighted by atomic mass is 9.71. The van der Waals surface area contributed by atoms with Gasteiger partial charge in [0, 0.05) is 33.4 Å². The van der Waals surface area contributed by atoms with Gasteiger partial charge in [-0.1, -0.05) is 24.3 Å². The Morgan fingerprint density at radius 1 is 0.612 bits per heavy atom. The van der Waals surface area contributed by atoms with Crippen molar-refractivity contribution < 1.29 is 59.2 Å². The summed E-state index contributed by atoms with van der Waals surface area (Å²) < 4.78 is 5.43. The van der Waals surface area contributed by atoms with Crippen molar-refractivity contribution in [1.29, 1.82) is 0 Å². The van der Waals surface area contributed by atoms with E-state index in [9.17, 15) is 44.7 Å². The first-order chi connectivity index (χ1) is 22.9. The molecule has 0 saturated heterocycles. The molecule has 0 radical (unpaired) electrons. The number of aromatic carboxylic acids is 2. The molecule has 0 aliphatic heterocycles. The Balaban J connectivity index is 1.65. The van der Waals surface area contributed by atoms with Crippen LogP contribution in [0.2, 0.25) is 0 Å². The maximum atomic E-state index is 14.1. The first-order valence-electron chi connectivity index (χ1n) is 15.1. The molecule has 0 unspecified atom stereocenters. The van der Waals surface area contributed by atoms with Gasteiger partial charge in [-0.3, -0.25) is 9.59 Å². The van der Waals surface area contributed by atoms with E-state index in [2.05, 4.69) is 0 Å². The molecular weight excluding hydrogens is 636 g/mol. The van der Waals surface area contributed by atoms with Crippen molar-refractivity contribution in [3.05, 3.63) is 114 Å². The number of carbonyl (C=O) groups is 4. The number of hydrogen-bond acceptors (Lipinski definition) is 10. The number of phenolic OH excluding ortho intramolecular Hbond substituents is 2. The molecule has 0 heterocycles. The van der Waals surface area contributed by atoms with Crippen LogP contribution in [0.4, 0.5) is 0 Å². The molecule has 5 N–H and O–H groups in total. The quantitative estimate of drug-likeness (QED) is 0.124. The number of benzene rings is 4. The number of hydrogen-bond donors (Lipinski definition) is 5. The number of methoxy groups -OCH3 is 1. The van der Waals surface area contributed by atoms with Crippen LogP contribution in [-0.2, 0) is 21.0 Å². The number of ether oxygens (including phenoxy) is 1. The van der Waals surface area contributed by atoms with Crippen LogP contribution in [0.1, 0.15) is 111 Å². The molecule has 49 heavy (non-hydrogen) atoms. The molecule has 0 fully saturated rings. The van der Waals surface area contributed by atoms with E-state index in [0.717, 1.165) is 6.07 Å². The molecule has 2 aliphatic carbocycles. The predicted molar refractivity (Wildman–Crippen MR) is 172 cm³/mol. The minimum atomic E-state index is -1.82. The van der Waals surface area contributed by atoms with Crippen molar-refractivity contribution in [3.63, 3.8) is 0 Å². The summed E-state index contributed by atoms with van der Waals surface area (Å²) in [4.78, 5) is 65.3. The van der Waals surface area contributed by atoms with Crippen molar-refractivity contribution in [3.8, 4) is 23.0 Å². The lowest BCUT2D eigenvalue weighted by molar-refractivity contribution is -0.399. The van der Waals surface area contributed by atoms with E-state index in [1.54, 1.807) is 45.0 Å². The average Bonchev–Trinajstić information content (AvgIpc) is 3.03. The Labute approximate surface area is 279 Å². The third kappa shape index (κ3) is 4.37. The smallest absolute Gasteiger partial charge is 0.339 e. The SMILES string of the molecule is COc1cc2c(c(C)c1C(=O)O)C(=O)c1c(ccc(C)c1O)[C@@]2(C)OO[C@@]1(C)c2cc(O)c(C(=O)O)c(C)c2C(=O)c2c1ccc(C)c2O. The molecule has 252 valence electrons. The highest BCUT2D eigenvalue weighted by Crippen LogP contribution is 2.53. The highest BCUT2D eigenvalue weighted by atomic mass is 17.2. The Bertz CT molecular complexity index is 2210. The largest absolute Gasteiger partial charge is 0.507 e. The minimum Gasteiger partial charge on any atom is -0.507 e. The van der Waals surface area contributed by atoms with Crippen LogP contribution in [0.15, 0.2) is 36.4 Å². The molecule has 12 heteroatoms. The summed E-state index contributed by atoms with van der Waals surface area (Å²) in [5.74, 6) is -5.58. The van der Waals surface area contributed by atoms with E-state index in [-0.39, 0.29) is 78.4 Å². The monoisotopic (exact) mass is 668 g/mol. The number of aryl methyl sites for hydroxylation is 2. The second-order valence-corrected chi connectivity index (χ2v) is 12.6. The van der Waals surface area contributed by atoms with Crippen LogP contribution in [0.3, 0.4) is 0 Å². The first kappa shape index (κ1) is 33.2. The number of carboxylic acid groups (broad SMARTS) is 2. The summed E-state index contributed by atoms with van der Waals surface area (Å²) in [6.07, 6.45) is 0. The fraction of sp³-hybridized carbons (Fsp3) is 0.243. The maximum Gasteiger partial charge on any atom is 0.339 e. The Morgan fingerprint density at radius 2 is 1.02 bits per heavy atom. The van der Waals surface area contributed by atoms with Crippen LogP contribution in [0, 0.1) is 27.7 Å². The van der Waals surface area contributed by atoms with Crippen LogP contribution in [0.25, 0.3) is 0 Å². The van der Waals surface area contributed by atoms with Gasteiger partial charge >= 0.3 is 11.9 Å². The van der Waals surface area contributed by atoms with Crippen LogP contribution in [0.5, 0.6) is 23.0 Å². The number of carboxylic acids is 2. The number of ketones is 2. The maximum absolute atomic E-state index is 14.1. The van der Waals surface area contributed by atoms with E-state index < -0.39 is 46.0 Å². The topological polar surface area (TPSA) is 197 Å². The molecule has 4 aromatic carbocycles. The molecule has 0 aromatic heterocycles. The summed E-state index contributed by atoms with van der Waals surface area (Å²) in [6.45, 7) is 9.05. The van der Waals surface area contributed by atoms with Gasteiger partial charge < -0.3 is 30.3 Å². The molecule has 0 amide bonds. The lowest BCUT2D eigenvalue weighted by Gasteiger charge is -2.42. The zero-order valence-electron chi connectivity index (χ0n) is 27.6. The van der Waals surface area contributed by atoms with Gasteiger partial charge in [-0.25, -0.2) is 19.4 Å². The number of carbonyl (C=O) groups excluding carboxylic acids is 2. The third-order valence-electron chi connectivity index (χ3n) is 9.84.